The molecule has 1 aliphatic rings. The SMILES string of the molecule is CN(C(=O)c1ccc(OC(F)(F)F)cc1)c1ccc(Oc2ccc3cc(CN4CCN(Cc5ccc(OC(CF)CF)cc5)CC4)n(C)c3c2)nc1. The highest BCUT2D eigenvalue weighted by atomic mass is 19.4. The fourth-order valence-electron chi connectivity index (χ4n) is 6.01. The van der Waals surface area contributed by atoms with Gasteiger partial charge in [0.05, 0.1) is 17.4 Å². The smallest absolute Gasteiger partial charge is 0.485 e. The first-order valence-electron chi connectivity index (χ1n) is 16.7. The summed E-state index contributed by atoms with van der Waals surface area (Å²) < 4.78 is 80.3. The molecule has 3 heterocycles. The van der Waals surface area contributed by atoms with Gasteiger partial charge in [-0.25, -0.2) is 13.8 Å². The normalized spacial score (nSPS) is 14.2. The molecule has 3 aromatic carbocycles. The van der Waals surface area contributed by atoms with Crippen LogP contribution in [0.3, 0.4) is 0 Å². The van der Waals surface area contributed by atoms with Crippen LogP contribution in [-0.2, 0) is 20.1 Å². The number of halogens is 5. The number of rotatable bonds is 13. The Morgan fingerprint density at radius 2 is 1.46 bits per heavy atom. The van der Waals surface area contributed by atoms with Crippen molar-refractivity contribution in [2.75, 3.05) is 51.5 Å². The van der Waals surface area contributed by atoms with E-state index in [9.17, 15) is 26.7 Å². The number of anilines is 1. The number of benzene rings is 3. The summed E-state index contributed by atoms with van der Waals surface area (Å²) >= 11 is 0. The molecule has 5 aromatic rings. The van der Waals surface area contributed by atoms with Gasteiger partial charge in [0.25, 0.3) is 5.91 Å². The molecule has 0 N–H and O–H groups in total. The number of pyridine rings is 1. The molecule has 0 aliphatic carbocycles. The van der Waals surface area contributed by atoms with E-state index in [-0.39, 0.29) is 5.56 Å². The molecule has 0 radical (unpaired) electrons. The van der Waals surface area contributed by atoms with Gasteiger partial charge in [0.2, 0.25) is 5.88 Å². The quantitative estimate of drug-likeness (QED) is 0.116. The number of ether oxygens (including phenoxy) is 3. The zero-order valence-corrected chi connectivity index (χ0v) is 28.7. The Morgan fingerprint density at radius 1 is 0.827 bits per heavy atom. The first-order valence-corrected chi connectivity index (χ1v) is 16.7. The number of amides is 1. The van der Waals surface area contributed by atoms with Crippen LogP contribution in [0.4, 0.5) is 27.6 Å². The molecule has 0 saturated carbocycles. The lowest BCUT2D eigenvalue weighted by molar-refractivity contribution is -0.274. The molecule has 1 amide bonds. The van der Waals surface area contributed by atoms with Gasteiger partial charge in [0, 0.05) is 82.1 Å². The standard InChI is InChI=1S/C38H38F5N5O4/c1-45-30(25-48-17-15-47(16-18-48)24-26-3-9-31(10-4-26)50-34(21-39)22-40)19-28-7-13-33(20-35(28)45)51-36-14-8-29(23-44-36)46(2)37(49)27-5-11-32(12-6-27)52-38(41,42)43/h3-14,19-20,23,34H,15-18,21-22,24-25H2,1-2H3. The summed E-state index contributed by atoms with van der Waals surface area (Å²) in [5.41, 5.74) is 3.96. The molecule has 9 nitrogen and oxygen atoms in total. The number of carbonyl (C=O) groups excluding carboxylic acids is 1. The van der Waals surface area contributed by atoms with Gasteiger partial charge in [0.15, 0.2) is 6.10 Å². The van der Waals surface area contributed by atoms with Gasteiger partial charge in [0.1, 0.15) is 30.6 Å². The van der Waals surface area contributed by atoms with Crippen LogP contribution in [-0.4, -0.2) is 84.3 Å². The Morgan fingerprint density at radius 3 is 2.08 bits per heavy atom. The third-order valence-corrected chi connectivity index (χ3v) is 8.91. The van der Waals surface area contributed by atoms with Crippen LogP contribution >= 0.6 is 0 Å². The Hall–Kier alpha value is -5.21. The van der Waals surface area contributed by atoms with Crippen molar-refractivity contribution in [1.82, 2.24) is 19.4 Å². The van der Waals surface area contributed by atoms with Crippen LogP contribution in [0.2, 0.25) is 0 Å². The topological polar surface area (TPSA) is 72.3 Å². The summed E-state index contributed by atoms with van der Waals surface area (Å²) in [6.07, 6.45) is -4.39. The molecular weight excluding hydrogens is 685 g/mol. The molecule has 1 aliphatic heterocycles. The number of hydrogen-bond donors (Lipinski definition) is 0. The molecule has 0 bridgehead atoms. The number of alkyl halides is 5. The van der Waals surface area contributed by atoms with Gasteiger partial charge < -0.3 is 23.7 Å². The predicted molar refractivity (Wildman–Crippen MR) is 186 cm³/mol. The van der Waals surface area contributed by atoms with Gasteiger partial charge >= 0.3 is 6.36 Å². The second kappa shape index (κ2) is 16.0. The maximum atomic E-state index is 12.9. The molecule has 6 rings (SSSR count). The fourth-order valence-corrected chi connectivity index (χ4v) is 6.01. The van der Waals surface area contributed by atoms with Crippen LogP contribution in [0, 0.1) is 0 Å². The summed E-state index contributed by atoms with van der Waals surface area (Å²) in [5, 5.41) is 1.08. The van der Waals surface area contributed by atoms with E-state index >= 15 is 0 Å². The van der Waals surface area contributed by atoms with Gasteiger partial charge in [-0.05, 0) is 66.2 Å². The summed E-state index contributed by atoms with van der Waals surface area (Å²) in [6, 6.07) is 23.4. The molecule has 0 spiro atoms. The highest BCUT2D eigenvalue weighted by molar-refractivity contribution is 6.05. The lowest BCUT2D eigenvalue weighted by Crippen LogP contribution is -2.45. The second-order valence-corrected chi connectivity index (χ2v) is 12.6. The van der Waals surface area contributed by atoms with Gasteiger partial charge in [-0.15, -0.1) is 13.2 Å². The number of fused-ring (bicyclic) bond motifs is 1. The molecule has 1 saturated heterocycles. The van der Waals surface area contributed by atoms with Gasteiger partial charge in [-0.3, -0.25) is 14.6 Å². The first-order chi connectivity index (χ1) is 25.0. The van der Waals surface area contributed by atoms with E-state index in [0.29, 0.717) is 23.1 Å². The summed E-state index contributed by atoms with van der Waals surface area (Å²) in [7, 11) is 3.58. The van der Waals surface area contributed by atoms with Crippen molar-refractivity contribution in [3.05, 3.63) is 108 Å². The minimum Gasteiger partial charge on any atom is -0.485 e. The van der Waals surface area contributed by atoms with Gasteiger partial charge in [-0.2, -0.15) is 0 Å². The number of carbonyl (C=O) groups is 1. The number of aromatic nitrogens is 2. The molecule has 2 aromatic heterocycles. The van der Waals surface area contributed by atoms with E-state index in [1.54, 1.807) is 31.3 Å². The first kappa shape index (κ1) is 36.6. The zero-order valence-electron chi connectivity index (χ0n) is 28.7. The lowest BCUT2D eigenvalue weighted by atomic mass is 10.2. The average molecular weight is 724 g/mol. The van der Waals surface area contributed by atoms with Crippen molar-refractivity contribution in [3.8, 4) is 23.1 Å². The summed E-state index contributed by atoms with van der Waals surface area (Å²) in [5.74, 6) is 0.552. The van der Waals surface area contributed by atoms with Crippen LogP contribution in [0.5, 0.6) is 23.1 Å². The van der Waals surface area contributed by atoms with Crippen molar-refractivity contribution in [2.45, 2.75) is 25.6 Å². The monoisotopic (exact) mass is 723 g/mol. The van der Waals surface area contributed by atoms with E-state index in [0.717, 1.165) is 67.9 Å². The fraction of sp³-hybridized carbons (Fsp3) is 0.316. The van der Waals surface area contributed by atoms with E-state index in [1.165, 1.54) is 28.9 Å². The van der Waals surface area contributed by atoms with Crippen molar-refractivity contribution < 1.29 is 41.0 Å². The van der Waals surface area contributed by atoms with Gasteiger partial charge in [-0.1, -0.05) is 12.1 Å². The highest BCUT2D eigenvalue weighted by Gasteiger charge is 2.31. The van der Waals surface area contributed by atoms with Crippen LogP contribution < -0.4 is 19.1 Å². The Kier molecular flexibility index (Phi) is 11.2. The molecule has 274 valence electrons. The third-order valence-electron chi connectivity index (χ3n) is 8.91. The minimum absolute atomic E-state index is 0.187. The Balaban J connectivity index is 1.01. The van der Waals surface area contributed by atoms with Crippen molar-refractivity contribution in [1.29, 1.82) is 0 Å². The summed E-state index contributed by atoms with van der Waals surface area (Å²) in [6.45, 7) is 3.51. The van der Waals surface area contributed by atoms with Crippen LogP contribution in [0.1, 0.15) is 21.6 Å². The molecule has 14 heteroatoms. The molecule has 0 unspecified atom stereocenters. The minimum atomic E-state index is -4.81. The molecular formula is C38H38F5N5O4. The predicted octanol–water partition coefficient (Wildman–Crippen LogP) is 7.55. The van der Waals surface area contributed by atoms with Crippen LogP contribution in [0.15, 0.2) is 91.1 Å². The molecule has 0 atom stereocenters. The average Bonchev–Trinajstić information content (AvgIpc) is 3.45. The maximum Gasteiger partial charge on any atom is 0.573 e. The summed E-state index contributed by atoms with van der Waals surface area (Å²) in [4.78, 5) is 23.4. The van der Waals surface area contributed by atoms with Crippen molar-refractivity contribution >= 4 is 22.5 Å². The molecule has 1 fully saturated rings. The largest absolute Gasteiger partial charge is 0.573 e. The number of piperazine rings is 1. The lowest BCUT2D eigenvalue weighted by Gasteiger charge is -2.34. The van der Waals surface area contributed by atoms with E-state index in [1.807, 2.05) is 37.4 Å². The van der Waals surface area contributed by atoms with Crippen molar-refractivity contribution in [2.24, 2.45) is 7.05 Å². The third kappa shape index (κ3) is 9.17. The van der Waals surface area contributed by atoms with Crippen molar-refractivity contribution in [3.63, 3.8) is 0 Å². The number of hydrogen-bond acceptors (Lipinski definition) is 7. The Bertz CT molecular complexity index is 1940. The molecule has 52 heavy (non-hydrogen) atoms. The highest BCUT2D eigenvalue weighted by Crippen LogP contribution is 2.29. The van der Waals surface area contributed by atoms with E-state index < -0.39 is 37.5 Å². The Labute approximate surface area is 297 Å². The van der Waals surface area contributed by atoms with Crippen LogP contribution in [0.25, 0.3) is 10.9 Å². The number of aryl methyl sites for hydroxylation is 1. The second-order valence-electron chi connectivity index (χ2n) is 12.6. The zero-order chi connectivity index (χ0) is 36.8. The maximum absolute atomic E-state index is 12.9. The van der Waals surface area contributed by atoms with E-state index in [4.69, 9.17) is 9.47 Å². The van der Waals surface area contributed by atoms with E-state index in [2.05, 4.69) is 30.2 Å². The number of nitrogens with zero attached hydrogens (tertiary/aromatic N) is 5.